The van der Waals surface area contributed by atoms with Crippen molar-refractivity contribution < 1.29 is 13.5 Å². The van der Waals surface area contributed by atoms with Gasteiger partial charge in [0, 0.05) is 43.0 Å². The molecule has 0 bridgehead atoms. The zero-order chi connectivity index (χ0) is 24.9. The molecule has 9 heteroatoms. The summed E-state index contributed by atoms with van der Waals surface area (Å²) >= 11 is 6.05. The van der Waals surface area contributed by atoms with Crippen molar-refractivity contribution in [2.75, 3.05) is 31.0 Å². The molecule has 0 saturated carbocycles. The highest BCUT2D eigenvalue weighted by molar-refractivity contribution is 7.91. The van der Waals surface area contributed by atoms with Crippen LogP contribution in [0, 0.1) is 5.92 Å². The maximum Gasteiger partial charge on any atom is 0.195 e. The highest BCUT2D eigenvalue weighted by Crippen LogP contribution is 2.35. The fraction of sp³-hybridized carbons (Fsp3) is 0.480. The van der Waals surface area contributed by atoms with E-state index in [2.05, 4.69) is 40.7 Å². The van der Waals surface area contributed by atoms with Crippen molar-refractivity contribution in [1.29, 1.82) is 0 Å². The number of sulfone groups is 1. The number of nitrogens with zero attached hydrogens (tertiary/aromatic N) is 3. The molecule has 0 spiro atoms. The Morgan fingerprint density at radius 1 is 1.35 bits per heavy atom. The Hall–Kier alpha value is -2.13. The molecule has 3 unspecified atom stereocenters. The van der Waals surface area contributed by atoms with Crippen molar-refractivity contribution in [3.8, 4) is 0 Å². The largest absolute Gasteiger partial charge is 0.396 e. The van der Waals surface area contributed by atoms with Crippen molar-refractivity contribution in [3.63, 3.8) is 0 Å². The summed E-state index contributed by atoms with van der Waals surface area (Å²) in [6.07, 6.45) is 3.54. The molecule has 1 saturated heterocycles. The molecule has 186 valence electrons. The van der Waals surface area contributed by atoms with Gasteiger partial charge in [0.25, 0.3) is 0 Å². The monoisotopic (exact) mass is 506 g/mol. The van der Waals surface area contributed by atoms with E-state index in [1.54, 1.807) is 12.3 Å². The molecule has 2 heterocycles. The first kappa shape index (κ1) is 26.5. The van der Waals surface area contributed by atoms with Gasteiger partial charge >= 0.3 is 0 Å². The Labute approximate surface area is 208 Å². The normalized spacial score (nSPS) is 19.3. The lowest BCUT2D eigenvalue weighted by Gasteiger charge is -2.36. The molecular formula is C25H35ClN4O3S. The van der Waals surface area contributed by atoms with Crippen LogP contribution in [-0.2, 0) is 9.84 Å². The van der Waals surface area contributed by atoms with E-state index in [4.69, 9.17) is 16.7 Å². The molecule has 0 radical (unpaired) electrons. The Kier molecular flexibility index (Phi) is 8.98. The highest BCUT2D eigenvalue weighted by atomic mass is 35.5. The third-order valence-electron chi connectivity index (χ3n) is 6.52. The second-order valence-electron chi connectivity index (χ2n) is 8.79. The van der Waals surface area contributed by atoms with Gasteiger partial charge in [0.2, 0.25) is 0 Å². The summed E-state index contributed by atoms with van der Waals surface area (Å²) in [5.74, 6) is 0.0573. The van der Waals surface area contributed by atoms with Gasteiger partial charge in [0.15, 0.2) is 14.9 Å². The maximum atomic E-state index is 12.6. The quantitative estimate of drug-likeness (QED) is 0.472. The molecule has 3 rings (SSSR count). The lowest BCUT2D eigenvalue weighted by molar-refractivity contribution is 0.259. The van der Waals surface area contributed by atoms with Gasteiger partial charge in [-0.2, -0.15) is 0 Å². The molecule has 1 aromatic heterocycles. The van der Waals surface area contributed by atoms with Gasteiger partial charge in [-0.25, -0.2) is 18.8 Å². The van der Waals surface area contributed by atoms with Crippen molar-refractivity contribution >= 4 is 27.1 Å². The number of aliphatic hydroxyl groups is 1. The van der Waals surface area contributed by atoms with E-state index in [1.165, 1.54) is 0 Å². The third-order valence-corrected chi connectivity index (χ3v) is 8.46. The molecule has 0 aliphatic carbocycles. The second kappa shape index (κ2) is 11.5. The van der Waals surface area contributed by atoms with E-state index in [0.717, 1.165) is 36.3 Å². The van der Waals surface area contributed by atoms with E-state index in [9.17, 15) is 8.42 Å². The number of rotatable bonds is 11. The Morgan fingerprint density at radius 3 is 2.71 bits per heavy atom. The van der Waals surface area contributed by atoms with Crippen LogP contribution in [0.5, 0.6) is 0 Å². The SMILES string of the molecule is C=C(C1CNN(c2ccc(Cl)cc2)C1C)N(C)C(CCC)c1ccnc(S(=O)(=O)CCCO)c1. The van der Waals surface area contributed by atoms with Crippen LogP contribution in [0.1, 0.15) is 44.7 Å². The van der Waals surface area contributed by atoms with Gasteiger partial charge in [-0.1, -0.05) is 31.5 Å². The van der Waals surface area contributed by atoms with E-state index in [0.29, 0.717) is 5.02 Å². The van der Waals surface area contributed by atoms with Crippen LogP contribution in [0.2, 0.25) is 5.02 Å². The number of nitrogens with one attached hydrogen (secondary N) is 1. The Balaban J connectivity index is 1.81. The summed E-state index contributed by atoms with van der Waals surface area (Å²) in [5.41, 5.74) is 6.42. The summed E-state index contributed by atoms with van der Waals surface area (Å²) in [7, 11) is -1.51. The first-order chi connectivity index (χ1) is 16.2. The number of benzene rings is 1. The average Bonchev–Trinajstić information content (AvgIpc) is 3.22. The molecule has 1 fully saturated rings. The third kappa shape index (κ3) is 5.92. The summed E-state index contributed by atoms with van der Waals surface area (Å²) in [6.45, 7) is 9.32. The van der Waals surface area contributed by atoms with Gasteiger partial charge in [-0.15, -0.1) is 0 Å². The molecule has 34 heavy (non-hydrogen) atoms. The lowest BCUT2D eigenvalue weighted by atomic mass is 9.95. The molecule has 2 aromatic rings. The number of halogens is 1. The second-order valence-corrected chi connectivity index (χ2v) is 11.3. The van der Waals surface area contributed by atoms with E-state index < -0.39 is 9.84 Å². The van der Waals surface area contributed by atoms with Crippen LogP contribution in [0.25, 0.3) is 0 Å². The van der Waals surface area contributed by atoms with Crippen LogP contribution >= 0.6 is 11.6 Å². The van der Waals surface area contributed by atoms with Crippen LogP contribution in [0.3, 0.4) is 0 Å². The smallest absolute Gasteiger partial charge is 0.195 e. The topological polar surface area (TPSA) is 85.8 Å². The minimum atomic E-state index is -3.54. The summed E-state index contributed by atoms with van der Waals surface area (Å²) < 4.78 is 25.3. The van der Waals surface area contributed by atoms with Crippen molar-refractivity contribution in [1.82, 2.24) is 15.3 Å². The number of aliphatic hydroxyl groups excluding tert-OH is 1. The highest BCUT2D eigenvalue weighted by Gasteiger charge is 2.35. The number of aromatic nitrogens is 1. The minimum absolute atomic E-state index is 0.0240. The predicted molar refractivity (Wildman–Crippen MR) is 137 cm³/mol. The van der Waals surface area contributed by atoms with Crippen LogP contribution in [0.15, 0.2) is 59.9 Å². The Morgan fingerprint density at radius 2 is 2.06 bits per heavy atom. The number of anilines is 1. The van der Waals surface area contributed by atoms with E-state index in [-0.39, 0.29) is 41.8 Å². The van der Waals surface area contributed by atoms with Gasteiger partial charge in [-0.05, 0) is 61.7 Å². The number of pyridine rings is 1. The predicted octanol–water partition coefficient (Wildman–Crippen LogP) is 4.21. The molecular weight excluding hydrogens is 472 g/mol. The molecule has 2 N–H and O–H groups in total. The molecule has 3 atom stereocenters. The first-order valence-corrected chi connectivity index (χ1v) is 13.7. The van der Waals surface area contributed by atoms with Gasteiger partial charge < -0.3 is 15.0 Å². The number of hydrogen-bond donors (Lipinski definition) is 2. The summed E-state index contributed by atoms with van der Waals surface area (Å²) in [5, 5.41) is 11.9. The zero-order valence-corrected chi connectivity index (χ0v) is 21.7. The fourth-order valence-electron chi connectivity index (χ4n) is 4.50. The van der Waals surface area contributed by atoms with Crippen molar-refractivity contribution in [2.45, 2.75) is 50.2 Å². The number of hydrazine groups is 1. The number of hydrogen-bond acceptors (Lipinski definition) is 7. The summed E-state index contributed by atoms with van der Waals surface area (Å²) in [4.78, 5) is 6.29. The average molecular weight is 507 g/mol. The van der Waals surface area contributed by atoms with Crippen LogP contribution < -0.4 is 10.4 Å². The molecule has 1 aliphatic heterocycles. The molecule has 1 aromatic carbocycles. The maximum absolute atomic E-state index is 12.6. The first-order valence-electron chi connectivity index (χ1n) is 11.7. The minimum Gasteiger partial charge on any atom is -0.396 e. The van der Waals surface area contributed by atoms with Gasteiger partial charge in [-0.3, -0.25) is 0 Å². The van der Waals surface area contributed by atoms with Crippen LogP contribution in [0.4, 0.5) is 5.69 Å². The van der Waals surface area contributed by atoms with Gasteiger partial charge in [0.1, 0.15) is 0 Å². The van der Waals surface area contributed by atoms with Crippen molar-refractivity contribution in [3.05, 3.63) is 65.5 Å². The summed E-state index contributed by atoms with van der Waals surface area (Å²) in [6, 6.07) is 11.5. The van der Waals surface area contributed by atoms with Gasteiger partial charge in [0.05, 0.1) is 23.5 Å². The fourth-order valence-corrected chi connectivity index (χ4v) is 5.88. The van der Waals surface area contributed by atoms with Crippen molar-refractivity contribution in [2.24, 2.45) is 5.92 Å². The standard InChI is InChI=1S/C25H35ClN4O3S/c1-5-7-24(20-12-13-27-25(16-20)34(32,33)15-6-14-31)29(4)18(2)23-17-28-30(19(23)3)22-10-8-21(26)9-11-22/h8-13,16,19,23-24,28,31H,2,5-7,14-15,17H2,1,3-4H3. The van der Waals surface area contributed by atoms with E-state index in [1.807, 2.05) is 37.4 Å². The zero-order valence-electron chi connectivity index (χ0n) is 20.1. The molecule has 1 aliphatic rings. The Bertz CT molecular complexity index is 1080. The van der Waals surface area contributed by atoms with Crippen LogP contribution in [-0.4, -0.2) is 55.4 Å². The lowest BCUT2D eigenvalue weighted by Crippen LogP contribution is -2.37. The van der Waals surface area contributed by atoms with E-state index >= 15 is 0 Å². The molecule has 7 nitrogen and oxygen atoms in total. The molecule has 0 amide bonds.